The second-order valence-electron chi connectivity index (χ2n) is 5.24. The van der Waals surface area contributed by atoms with Crippen LogP contribution in [0.15, 0.2) is 48.5 Å². The lowest BCUT2D eigenvalue weighted by molar-refractivity contribution is -0.116. The van der Waals surface area contributed by atoms with Gasteiger partial charge < -0.3 is 14.8 Å². The molecule has 0 aromatic heterocycles. The maximum Gasteiger partial charge on any atom is 0.262 e. The van der Waals surface area contributed by atoms with Gasteiger partial charge in [-0.2, -0.15) is 5.26 Å². The normalized spacial score (nSPS) is 10.0. The summed E-state index contributed by atoms with van der Waals surface area (Å²) in [5.74, 6) is -0.0708. The fourth-order valence-electron chi connectivity index (χ4n) is 2.07. The number of amides is 1. The van der Waals surface area contributed by atoms with Crippen LogP contribution in [-0.4, -0.2) is 24.7 Å². The SMILES string of the molecule is COc1cc(/C=C/C(=O)NNC(=S)Nc2ccccc2F)ccc1OCC#N. The van der Waals surface area contributed by atoms with Crippen molar-refractivity contribution < 1.29 is 18.7 Å². The highest BCUT2D eigenvalue weighted by Gasteiger charge is 2.06. The second-order valence-corrected chi connectivity index (χ2v) is 5.65. The van der Waals surface area contributed by atoms with E-state index in [4.69, 9.17) is 27.0 Å². The summed E-state index contributed by atoms with van der Waals surface area (Å²) in [6.07, 6.45) is 2.84. The molecule has 3 N–H and O–H groups in total. The molecule has 0 spiro atoms. The average Bonchev–Trinajstić information content (AvgIpc) is 2.71. The van der Waals surface area contributed by atoms with Gasteiger partial charge in [0.1, 0.15) is 11.9 Å². The minimum Gasteiger partial charge on any atom is -0.493 e. The summed E-state index contributed by atoms with van der Waals surface area (Å²) in [4.78, 5) is 11.9. The molecule has 0 bridgehead atoms. The number of hydrogen-bond acceptors (Lipinski definition) is 5. The molecule has 0 atom stereocenters. The molecule has 144 valence electrons. The molecular formula is C19H17FN4O3S. The van der Waals surface area contributed by atoms with Gasteiger partial charge in [-0.15, -0.1) is 0 Å². The summed E-state index contributed by atoms with van der Waals surface area (Å²) in [5.41, 5.74) is 5.72. The van der Waals surface area contributed by atoms with E-state index in [0.29, 0.717) is 17.1 Å². The van der Waals surface area contributed by atoms with Crippen LogP contribution in [0, 0.1) is 17.1 Å². The molecule has 9 heteroatoms. The Labute approximate surface area is 166 Å². The zero-order chi connectivity index (χ0) is 20.4. The number of methoxy groups -OCH3 is 1. The maximum atomic E-state index is 13.5. The number of hydrazine groups is 1. The lowest BCUT2D eigenvalue weighted by Gasteiger charge is -2.11. The van der Waals surface area contributed by atoms with Gasteiger partial charge in [0.15, 0.2) is 23.2 Å². The molecule has 0 saturated carbocycles. The number of rotatable bonds is 6. The van der Waals surface area contributed by atoms with Gasteiger partial charge in [0.25, 0.3) is 5.91 Å². The molecule has 0 aliphatic carbocycles. The van der Waals surface area contributed by atoms with Crippen LogP contribution >= 0.6 is 12.2 Å². The Morgan fingerprint density at radius 1 is 1.25 bits per heavy atom. The first-order valence-electron chi connectivity index (χ1n) is 8.01. The summed E-state index contributed by atoms with van der Waals surface area (Å²) in [7, 11) is 1.47. The molecule has 0 saturated heterocycles. The summed E-state index contributed by atoms with van der Waals surface area (Å²) in [6.45, 7) is -0.0968. The van der Waals surface area contributed by atoms with Crippen molar-refractivity contribution in [2.75, 3.05) is 19.0 Å². The van der Waals surface area contributed by atoms with Gasteiger partial charge in [0, 0.05) is 6.08 Å². The molecule has 0 aliphatic rings. The summed E-state index contributed by atoms with van der Waals surface area (Å²) in [5, 5.41) is 11.2. The van der Waals surface area contributed by atoms with Crippen LogP contribution in [0.2, 0.25) is 0 Å². The molecule has 2 aromatic carbocycles. The van der Waals surface area contributed by atoms with Crippen LogP contribution in [0.25, 0.3) is 6.08 Å². The molecule has 2 aromatic rings. The van der Waals surface area contributed by atoms with E-state index >= 15 is 0 Å². The number of carbonyl (C=O) groups excluding carboxylic acids is 1. The van der Waals surface area contributed by atoms with Gasteiger partial charge in [0.05, 0.1) is 12.8 Å². The van der Waals surface area contributed by atoms with Gasteiger partial charge >= 0.3 is 0 Å². The lowest BCUT2D eigenvalue weighted by atomic mass is 10.2. The first-order valence-corrected chi connectivity index (χ1v) is 8.41. The van der Waals surface area contributed by atoms with Crippen LogP contribution < -0.4 is 25.6 Å². The summed E-state index contributed by atoms with van der Waals surface area (Å²) in [6, 6.07) is 12.9. The van der Waals surface area contributed by atoms with E-state index in [2.05, 4.69) is 16.2 Å². The highest BCUT2D eigenvalue weighted by atomic mass is 32.1. The van der Waals surface area contributed by atoms with E-state index in [9.17, 15) is 9.18 Å². The minimum atomic E-state index is -0.471. The Bertz CT molecular complexity index is 928. The van der Waals surface area contributed by atoms with Crippen LogP contribution in [0.3, 0.4) is 0 Å². The molecule has 0 heterocycles. The van der Waals surface area contributed by atoms with Crippen molar-refractivity contribution in [2.45, 2.75) is 0 Å². The molecule has 0 radical (unpaired) electrons. The Balaban J connectivity index is 1.88. The van der Waals surface area contributed by atoms with Crippen molar-refractivity contribution >= 4 is 35.0 Å². The number of nitrogens with one attached hydrogen (secondary N) is 3. The largest absolute Gasteiger partial charge is 0.493 e. The zero-order valence-corrected chi connectivity index (χ0v) is 15.7. The Hall–Kier alpha value is -3.64. The standard InChI is InChI=1S/C19H17FN4O3S/c1-26-17-12-13(6-8-16(17)27-11-10-21)7-9-18(25)23-24-19(28)22-15-5-3-2-4-14(15)20/h2-9,12H,11H2,1H3,(H,23,25)(H2,22,24,28)/b9-7+. The minimum absolute atomic E-state index is 0.0347. The molecule has 28 heavy (non-hydrogen) atoms. The van der Waals surface area contributed by atoms with Gasteiger partial charge in [-0.1, -0.05) is 18.2 Å². The average molecular weight is 400 g/mol. The van der Waals surface area contributed by atoms with Crippen LogP contribution in [0.4, 0.5) is 10.1 Å². The smallest absolute Gasteiger partial charge is 0.262 e. The van der Waals surface area contributed by atoms with Gasteiger partial charge in [-0.3, -0.25) is 15.6 Å². The Kier molecular flexibility index (Phi) is 7.75. The maximum absolute atomic E-state index is 13.5. The quantitative estimate of drug-likeness (QED) is 0.390. The van der Waals surface area contributed by atoms with Crippen LogP contribution in [0.5, 0.6) is 11.5 Å². The van der Waals surface area contributed by atoms with E-state index in [1.54, 1.807) is 36.4 Å². The highest BCUT2D eigenvalue weighted by molar-refractivity contribution is 7.80. The number of thiocarbonyl (C=S) groups is 1. The summed E-state index contributed by atoms with van der Waals surface area (Å²) < 4.78 is 24.0. The molecular weight excluding hydrogens is 383 g/mol. The number of anilines is 1. The number of nitriles is 1. The predicted molar refractivity (Wildman–Crippen MR) is 107 cm³/mol. The molecule has 0 fully saturated rings. The lowest BCUT2D eigenvalue weighted by Crippen LogP contribution is -2.43. The van der Waals surface area contributed by atoms with E-state index in [-0.39, 0.29) is 17.4 Å². The first-order chi connectivity index (χ1) is 13.5. The van der Waals surface area contributed by atoms with E-state index in [0.717, 1.165) is 0 Å². The molecule has 0 aliphatic heterocycles. The second kappa shape index (κ2) is 10.5. The van der Waals surface area contributed by atoms with Crippen molar-refractivity contribution in [3.63, 3.8) is 0 Å². The Morgan fingerprint density at radius 2 is 2.04 bits per heavy atom. The zero-order valence-electron chi connectivity index (χ0n) is 14.9. The number of hydrogen-bond donors (Lipinski definition) is 3. The predicted octanol–water partition coefficient (Wildman–Crippen LogP) is 2.77. The number of benzene rings is 2. The van der Waals surface area contributed by atoms with Crippen molar-refractivity contribution in [2.24, 2.45) is 0 Å². The third kappa shape index (κ3) is 6.26. The fraction of sp³-hybridized carbons (Fsp3) is 0.105. The van der Waals surface area contributed by atoms with E-state index in [1.807, 2.05) is 6.07 Å². The Morgan fingerprint density at radius 3 is 2.75 bits per heavy atom. The number of para-hydroxylation sites is 1. The van der Waals surface area contributed by atoms with E-state index in [1.165, 1.54) is 25.3 Å². The van der Waals surface area contributed by atoms with Crippen LogP contribution in [0.1, 0.15) is 5.56 Å². The molecule has 1 amide bonds. The topological polar surface area (TPSA) is 95.4 Å². The van der Waals surface area contributed by atoms with Crippen molar-refractivity contribution in [1.82, 2.24) is 10.9 Å². The first kappa shape index (κ1) is 20.7. The summed E-state index contributed by atoms with van der Waals surface area (Å²) >= 11 is 4.99. The number of ether oxygens (including phenoxy) is 2. The van der Waals surface area contributed by atoms with Crippen molar-refractivity contribution in [3.05, 3.63) is 59.9 Å². The van der Waals surface area contributed by atoms with Crippen molar-refractivity contribution in [1.29, 1.82) is 5.26 Å². The number of carbonyl (C=O) groups is 1. The molecule has 2 rings (SSSR count). The number of nitrogens with zero attached hydrogens (tertiary/aromatic N) is 1. The van der Waals surface area contributed by atoms with Gasteiger partial charge in [0.2, 0.25) is 0 Å². The third-order valence-electron chi connectivity index (χ3n) is 3.33. The number of halogens is 1. The van der Waals surface area contributed by atoms with Crippen molar-refractivity contribution in [3.8, 4) is 17.6 Å². The monoisotopic (exact) mass is 400 g/mol. The fourth-order valence-corrected chi connectivity index (χ4v) is 2.23. The third-order valence-corrected chi connectivity index (χ3v) is 3.53. The van der Waals surface area contributed by atoms with Gasteiger partial charge in [-0.05, 0) is 48.1 Å². The molecule has 0 unspecified atom stereocenters. The highest BCUT2D eigenvalue weighted by Crippen LogP contribution is 2.28. The van der Waals surface area contributed by atoms with E-state index < -0.39 is 11.7 Å². The van der Waals surface area contributed by atoms with Gasteiger partial charge in [-0.25, -0.2) is 4.39 Å². The van der Waals surface area contributed by atoms with Crippen LogP contribution in [-0.2, 0) is 4.79 Å². The molecule has 7 nitrogen and oxygen atoms in total.